The number of allylic oxidation sites excluding steroid dienone is 8. The first kappa shape index (κ1) is 71.4. The van der Waals surface area contributed by atoms with Gasteiger partial charge in [0.05, 0.1) is 0 Å². The second-order valence-corrected chi connectivity index (χ2v) is 22.0. The van der Waals surface area contributed by atoms with Crippen molar-refractivity contribution < 1.29 is 28.6 Å². The number of carbonyl (C=O) groups is 3. The van der Waals surface area contributed by atoms with Crippen LogP contribution in [0.15, 0.2) is 48.6 Å². The predicted octanol–water partition coefficient (Wildman–Crippen LogP) is 22.2. The molecular formula is C68H124O6. The van der Waals surface area contributed by atoms with Crippen LogP contribution >= 0.6 is 0 Å². The fourth-order valence-electron chi connectivity index (χ4n) is 9.61. The third-order valence-corrected chi connectivity index (χ3v) is 14.6. The first-order valence-electron chi connectivity index (χ1n) is 32.6. The number of hydrogen-bond donors (Lipinski definition) is 0. The van der Waals surface area contributed by atoms with Crippen LogP contribution in [0.3, 0.4) is 0 Å². The number of rotatable bonds is 60. The van der Waals surface area contributed by atoms with E-state index in [9.17, 15) is 14.4 Å². The molecule has 0 heterocycles. The van der Waals surface area contributed by atoms with Crippen LogP contribution in [0.2, 0.25) is 0 Å². The molecule has 0 aliphatic carbocycles. The molecule has 0 aromatic rings. The van der Waals surface area contributed by atoms with E-state index in [0.717, 1.165) is 83.5 Å². The summed E-state index contributed by atoms with van der Waals surface area (Å²) in [5, 5.41) is 0. The van der Waals surface area contributed by atoms with E-state index in [0.29, 0.717) is 19.3 Å². The molecule has 0 saturated carbocycles. The standard InChI is InChI=1S/C68H124O6/c1-4-7-10-13-16-19-22-25-28-29-30-31-32-33-34-35-36-37-38-39-41-43-46-49-52-55-58-61-67(70)73-64-65(63-72-66(69)60-57-54-51-48-45-42-27-24-21-18-15-12-9-6-3)74-68(71)62-59-56-53-50-47-44-40-26-23-20-17-14-11-8-5-2/h15,18,22,24-25,27,29-30,65H,4-14,16-17,19-21,23,26,28,31-64H2,1-3H3/b18-15-,25-22-,27-24-,30-29-. The highest BCUT2D eigenvalue weighted by atomic mass is 16.6. The second-order valence-electron chi connectivity index (χ2n) is 22.0. The lowest BCUT2D eigenvalue weighted by Crippen LogP contribution is -2.30. The lowest BCUT2D eigenvalue weighted by molar-refractivity contribution is -0.167. The highest BCUT2D eigenvalue weighted by molar-refractivity contribution is 5.71. The Morgan fingerprint density at radius 1 is 0.270 bits per heavy atom. The molecule has 6 heteroatoms. The Kier molecular flexibility index (Phi) is 60.7. The summed E-state index contributed by atoms with van der Waals surface area (Å²) in [6.45, 7) is 6.63. The SMILES string of the molecule is CCCC/C=C\C/C=C\CCCCCCCC(=O)OCC(COC(=O)CCCCCCCCCCCCCCCCC/C=C\C/C=C\CCCCCCC)OC(=O)CCCCCCCCCCCCCCCCC. The Bertz CT molecular complexity index is 1280. The highest BCUT2D eigenvalue weighted by Gasteiger charge is 2.19. The largest absolute Gasteiger partial charge is 0.462 e. The Morgan fingerprint density at radius 2 is 0.500 bits per heavy atom. The summed E-state index contributed by atoms with van der Waals surface area (Å²) in [6.07, 6.45) is 78.4. The van der Waals surface area contributed by atoms with E-state index >= 15 is 0 Å². The van der Waals surface area contributed by atoms with Gasteiger partial charge in [0.15, 0.2) is 6.10 Å². The molecular weight excluding hydrogens is 913 g/mol. The van der Waals surface area contributed by atoms with Gasteiger partial charge in [-0.15, -0.1) is 0 Å². The molecule has 74 heavy (non-hydrogen) atoms. The van der Waals surface area contributed by atoms with E-state index in [-0.39, 0.29) is 31.1 Å². The summed E-state index contributed by atoms with van der Waals surface area (Å²) in [5.74, 6) is -0.867. The molecule has 0 spiro atoms. The van der Waals surface area contributed by atoms with Crippen molar-refractivity contribution in [3.05, 3.63) is 48.6 Å². The van der Waals surface area contributed by atoms with Crippen molar-refractivity contribution >= 4 is 17.9 Å². The van der Waals surface area contributed by atoms with Gasteiger partial charge in [-0.3, -0.25) is 14.4 Å². The van der Waals surface area contributed by atoms with Gasteiger partial charge in [0, 0.05) is 19.3 Å². The number of unbranched alkanes of at least 4 members (excludes halogenated alkanes) is 41. The molecule has 1 atom stereocenters. The molecule has 0 saturated heterocycles. The molecule has 432 valence electrons. The van der Waals surface area contributed by atoms with Crippen molar-refractivity contribution in [2.45, 2.75) is 354 Å². The van der Waals surface area contributed by atoms with Gasteiger partial charge in [0.2, 0.25) is 0 Å². The maximum absolute atomic E-state index is 12.9. The average molecular weight is 1040 g/mol. The van der Waals surface area contributed by atoms with Crippen LogP contribution in [0, 0.1) is 0 Å². The van der Waals surface area contributed by atoms with Crippen LogP contribution in [0.4, 0.5) is 0 Å². The summed E-state index contributed by atoms with van der Waals surface area (Å²) in [5.41, 5.74) is 0. The molecule has 1 unspecified atom stereocenters. The van der Waals surface area contributed by atoms with Crippen molar-refractivity contribution in [2.24, 2.45) is 0 Å². The van der Waals surface area contributed by atoms with Crippen LogP contribution in [0.25, 0.3) is 0 Å². The zero-order valence-corrected chi connectivity index (χ0v) is 49.6. The van der Waals surface area contributed by atoms with E-state index in [1.807, 2.05) is 0 Å². The number of carbonyl (C=O) groups excluding carboxylic acids is 3. The molecule has 0 aliphatic heterocycles. The molecule has 0 aliphatic rings. The van der Waals surface area contributed by atoms with Gasteiger partial charge in [-0.25, -0.2) is 0 Å². The molecule has 0 rings (SSSR count). The summed E-state index contributed by atoms with van der Waals surface area (Å²) >= 11 is 0. The number of esters is 3. The van der Waals surface area contributed by atoms with E-state index in [2.05, 4.69) is 69.4 Å². The van der Waals surface area contributed by atoms with Crippen molar-refractivity contribution in [3.63, 3.8) is 0 Å². The Balaban J connectivity index is 4.22. The lowest BCUT2D eigenvalue weighted by atomic mass is 10.0. The zero-order valence-electron chi connectivity index (χ0n) is 49.6. The Morgan fingerprint density at radius 3 is 0.784 bits per heavy atom. The van der Waals surface area contributed by atoms with Gasteiger partial charge >= 0.3 is 17.9 Å². The second kappa shape index (κ2) is 62.9. The van der Waals surface area contributed by atoms with Crippen LogP contribution in [0.1, 0.15) is 348 Å². The van der Waals surface area contributed by atoms with Crippen molar-refractivity contribution in [3.8, 4) is 0 Å². The third kappa shape index (κ3) is 60.2. The molecule has 0 amide bonds. The Hall–Kier alpha value is -2.63. The number of ether oxygens (including phenoxy) is 3. The molecule has 0 aromatic carbocycles. The predicted molar refractivity (Wildman–Crippen MR) is 321 cm³/mol. The summed E-state index contributed by atoms with van der Waals surface area (Å²) < 4.78 is 16.9. The fourth-order valence-corrected chi connectivity index (χ4v) is 9.61. The van der Waals surface area contributed by atoms with E-state index in [1.54, 1.807) is 0 Å². The first-order chi connectivity index (χ1) is 36.5. The van der Waals surface area contributed by atoms with Gasteiger partial charge in [-0.2, -0.15) is 0 Å². The van der Waals surface area contributed by atoms with E-state index in [1.165, 1.54) is 225 Å². The topological polar surface area (TPSA) is 78.9 Å². The Labute approximate surface area is 460 Å². The first-order valence-corrected chi connectivity index (χ1v) is 32.6. The highest BCUT2D eigenvalue weighted by Crippen LogP contribution is 2.17. The summed E-state index contributed by atoms with van der Waals surface area (Å²) in [7, 11) is 0. The molecule has 6 nitrogen and oxygen atoms in total. The van der Waals surface area contributed by atoms with E-state index < -0.39 is 6.10 Å². The van der Waals surface area contributed by atoms with Crippen molar-refractivity contribution in [1.29, 1.82) is 0 Å². The monoisotopic (exact) mass is 1040 g/mol. The van der Waals surface area contributed by atoms with Crippen molar-refractivity contribution in [2.75, 3.05) is 13.2 Å². The fraction of sp³-hybridized carbons (Fsp3) is 0.838. The van der Waals surface area contributed by atoms with Crippen LogP contribution in [-0.4, -0.2) is 37.2 Å². The smallest absolute Gasteiger partial charge is 0.306 e. The summed E-state index contributed by atoms with van der Waals surface area (Å²) in [6, 6.07) is 0. The quantitative estimate of drug-likeness (QED) is 0.0261. The zero-order chi connectivity index (χ0) is 53.6. The van der Waals surface area contributed by atoms with Crippen LogP contribution in [-0.2, 0) is 28.6 Å². The maximum Gasteiger partial charge on any atom is 0.306 e. The van der Waals surface area contributed by atoms with Gasteiger partial charge in [0.1, 0.15) is 13.2 Å². The van der Waals surface area contributed by atoms with Crippen LogP contribution in [0.5, 0.6) is 0 Å². The third-order valence-electron chi connectivity index (χ3n) is 14.6. The van der Waals surface area contributed by atoms with Gasteiger partial charge < -0.3 is 14.2 Å². The van der Waals surface area contributed by atoms with Gasteiger partial charge in [-0.05, 0) is 77.0 Å². The molecule has 0 radical (unpaired) electrons. The lowest BCUT2D eigenvalue weighted by Gasteiger charge is -2.18. The minimum Gasteiger partial charge on any atom is -0.462 e. The molecule has 0 bridgehead atoms. The molecule has 0 fully saturated rings. The molecule has 0 N–H and O–H groups in total. The maximum atomic E-state index is 12.9. The number of hydrogen-bond acceptors (Lipinski definition) is 6. The average Bonchev–Trinajstić information content (AvgIpc) is 3.40. The van der Waals surface area contributed by atoms with E-state index in [4.69, 9.17) is 14.2 Å². The minimum absolute atomic E-state index is 0.0735. The van der Waals surface area contributed by atoms with Gasteiger partial charge in [-0.1, -0.05) is 301 Å². The van der Waals surface area contributed by atoms with Gasteiger partial charge in [0.25, 0.3) is 0 Å². The van der Waals surface area contributed by atoms with Crippen LogP contribution < -0.4 is 0 Å². The molecule has 0 aromatic heterocycles. The minimum atomic E-state index is -0.776. The van der Waals surface area contributed by atoms with Crippen molar-refractivity contribution in [1.82, 2.24) is 0 Å². The normalized spacial score (nSPS) is 12.3. The summed E-state index contributed by atoms with van der Waals surface area (Å²) in [4.78, 5) is 38.3.